The normalized spacial score (nSPS) is 34.5. The van der Waals surface area contributed by atoms with Gasteiger partial charge in [0.2, 0.25) is 0 Å². The molecule has 0 radical (unpaired) electrons. The third-order valence-electron chi connectivity index (χ3n) is 5.34. The second kappa shape index (κ2) is 7.48. The van der Waals surface area contributed by atoms with E-state index in [0.29, 0.717) is 12.3 Å². The van der Waals surface area contributed by atoms with E-state index in [4.69, 9.17) is 9.47 Å². The first kappa shape index (κ1) is 17.7. The van der Waals surface area contributed by atoms with E-state index in [1.807, 2.05) is 0 Å². The lowest BCUT2D eigenvalue weighted by Crippen LogP contribution is -2.66. The minimum atomic E-state index is -0.779. The zero-order valence-electron chi connectivity index (χ0n) is 14.4. The van der Waals surface area contributed by atoms with E-state index in [9.17, 15) is 14.3 Å². The van der Waals surface area contributed by atoms with Crippen molar-refractivity contribution in [2.45, 2.75) is 49.8 Å². The number of fused-ring (bicyclic) bond motifs is 2. The molecule has 1 aromatic carbocycles. The summed E-state index contributed by atoms with van der Waals surface area (Å²) in [5.74, 6) is -0.370. The summed E-state index contributed by atoms with van der Waals surface area (Å²) in [6.45, 7) is 2.13. The number of nitrogens with zero attached hydrogens (tertiary/aromatic N) is 1. The highest BCUT2D eigenvalue weighted by molar-refractivity contribution is 5.89. The number of anilines is 1. The molecule has 8 heteroatoms. The summed E-state index contributed by atoms with van der Waals surface area (Å²) in [5.41, 5.74) is 0.475. The molecule has 4 rings (SSSR count). The molecule has 0 spiro atoms. The monoisotopic (exact) mass is 365 g/mol. The topological polar surface area (TPSA) is 83.1 Å². The average Bonchev–Trinajstić information content (AvgIpc) is 3.07. The van der Waals surface area contributed by atoms with Crippen LogP contribution in [0.1, 0.15) is 19.3 Å². The molecule has 1 aromatic rings. The zero-order valence-corrected chi connectivity index (χ0v) is 14.4. The van der Waals surface area contributed by atoms with E-state index in [-0.39, 0.29) is 18.0 Å². The Morgan fingerprint density at radius 1 is 1.19 bits per heavy atom. The van der Waals surface area contributed by atoms with E-state index < -0.39 is 24.5 Å². The number of aliphatic hydroxyl groups is 1. The summed E-state index contributed by atoms with van der Waals surface area (Å²) in [6, 6.07) is 4.19. The molecule has 3 fully saturated rings. The number of carbonyl (C=O) groups is 1. The SMILES string of the molecule is O=C(Nc1ccc(F)cc1)N[C@H]1[C@H](O)[C@@H](N2CCCCC2)[C@@H]2OC[C@H]1O2. The maximum atomic E-state index is 13.0. The Morgan fingerprint density at radius 3 is 2.65 bits per heavy atom. The van der Waals surface area contributed by atoms with Crippen molar-refractivity contribution in [3.63, 3.8) is 0 Å². The van der Waals surface area contributed by atoms with Crippen LogP contribution >= 0.6 is 0 Å². The van der Waals surface area contributed by atoms with Crippen LogP contribution < -0.4 is 10.6 Å². The number of piperidine rings is 1. The average molecular weight is 365 g/mol. The van der Waals surface area contributed by atoms with Gasteiger partial charge in [-0.25, -0.2) is 9.18 Å². The van der Waals surface area contributed by atoms with Crippen molar-refractivity contribution in [3.8, 4) is 0 Å². The number of aliphatic hydroxyl groups excluding tert-OH is 1. The van der Waals surface area contributed by atoms with Crippen LogP contribution in [0.25, 0.3) is 0 Å². The molecule has 0 aliphatic carbocycles. The molecule has 2 amide bonds. The van der Waals surface area contributed by atoms with Crippen LogP contribution in [0.5, 0.6) is 0 Å². The Hall–Kier alpha value is -1.74. The summed E-state index contributed by atoms with van der Waals surface area (Å²) in [7, 11) is 0. The van der Waals surface area contributed by atoms with Gasteiger partial charge in [-0.2, -0.15) is 0 Å². The number of nitrogens with one attached hydrogen (secondary N) is 2. The van der Waals surface area contributed by atoms with Crippen LogP contribution in [0.3, 0.4) is 0 Å². The number of hydrogen-bond acceptors (Lipinski definition) is 5. The zero-order chi connectivity index (χ0) is 18.1. The minimum absolute atomic E-state index is 0.287. The van der Waals surface area contributed by atoms with Gasteiger partial charge in [0.25, 0.3) is 0 Å². The van der Waals surface area contributed by atoms with E-state index in [1.54, 1.807) is 0 Å². The van der Waals surface area contributed by atoms with Gasteiger partial charge in [-0.1, -0.05) is 6.42 Å². The van der Waals surface area contributed by atoms with Crippen LogP contribution in [-0.2, 0) is 9.47 Å². The molecule has 3 saturated heterocycles. The van der Waals surface area contributed by atoms with E-state index >= 15 is 0 Å². The number of ether oxygens (including phenoxy) is 2. The molecular weight excluding hydrogens is 341 g/mol. The molecule has 3 aliphatic rings. The van der Waals surface area contributed by atoms with E-state index in [0.717, 1.165) is 25.9 Å². The molecule has 0 aromatic heterocycles. The number of amides is 2. The number of halogens is 1. The molecule has 3 N–H and O–H groups in total. The summed E-state index contributed by atoms with van der Waals surface area (Å²) in [6.07, 6.45) is 1.75. The number of urea groups is 1. The Morgan fingerprint density at radius 2 is 1.92 bits per heavy atom. The smallest absolute Gasteiger partial charge is 0.319 e. The largest absolute Gasteiger partial charge is 0.389 e. The highest BCUT2D eigenvalue weighted by atomic mass is 19.1. The van der Waals surface area contributed by atoms with Gasteiger partial charge >= 0.3 is 6.03 Å². The van der Waals surface area contributed by atoms with Crippen LogP contribution in [0, 0.1) is 5.82 Å². The first-order valence-corrected chi connectivity index (χ1v) is 9.14. The highest BCUT2D eigenvalue weighted by Gasteiger charge is 2.52. The number of benzene rings is 1. The predicted molar refractivity (Wildman–Crippen MR) is 92.2 cm³/mol. The van der Waals surface area contributed by atoms with Crippen LogP contribution in [0.2, 0.25) is 0 Å². The molecular formula is C18H24FN3O4. The Bertz CT molecular complexity index is 638. The summed E-state index contributed by atoms with van der Waals surface area (Å²) < 4.78 is 24.6. The quantitative estimate of drug-likeness (QED) is 0.752. The van der Waals surface area contributed by atoms with Crippen molar-refractivity contribution < 1.29 is 23.8 Å². The second-order valence-corrected chi connectivity index (χ2v) is 7.09. The second-order valence-electron chi connectivity index (χ2n) is 7.09. The van der Waals surface area contributed by atoms with Gasteiger partial charge in [0.1, 0.15) is 11.9 Å². The summed E-state index contributed by atoms with van der Waals surface area (Å²) in [5, 5.41) is 16.4. The van der Waals surface area contributed by atoms with E-state index in [2.05, 4.69) is 15.5 Å². The van der Waals surface area contributed by atoms with Gasteiger partial charge in [-0.15, -0.1) is 0 Å². The van der Waals surface area contributed by atoms with Crippen molar-refractivity contribution in [1.82, 2.24) is 10.2 Å². The lowest BCUT2D eigenvalue weighted by Gasteiger charge is -2.45. The highest BCUT2D eigenvalue weighted by Crippen LogP contribution is 2.32. The fourth-order valence-electron chi connectivity index (χ4n) is 4.04. The fraction of sp³-hybridized carbons (Fsp3) is 0.611. The Kier molecular flexibility index (Phi) is 5.08. The van der Waals surface area contributed by atoms with Gasteiger partial charge in [-0.05, 0) is 50.2 Å². The molecule has 0 saturated carbocycles. The first-order chi connectivity index (χ1) is 12.6. The van der Waals surface area contributed by atoms with Crippen molar-refractivity contribution in [3.05, 3.63) is 30.1 Å². The maximum Gasteiger partial charge on any atom is 0.319 e. The molecule has 3 heterocycles. The molecule has 26 heavy (non-hydrogen) atoms. The van der Waals surface area contributed by atoms with Crippen LogP contribution in [-0.4, -0.2) is 66.3 Å². The molecule has 3 aliphatic heterocycles. The van der Waals surface area contributed by atoms with Gasteiger partial charge in [0, 0.05) is 5.69 Å². The van der Waals surface area contributed by atoms with Gasteiger partial charge in [0.15, 0.2) is 6.29 Å². The number of likely N-dealkylation sites (tertiary alicyclic amines) is 1. The van der Waals surface area contributed by atoms with Crippen molar-refractivity contribution in [2.24, 2.45) is 0 Å². The third-order valence-corrected chi connectivity index (χ3v) is 5.34. The van der Waals surface area contributed by atoms with Gasteiger partial charge < -0.3 is 25.2 Å². The van der Waals surface area contributed by atoms with Crippen molar-refractivity contribution in [1.29, 1.82) is 0 Å². The summed E-state index contributed by atoms with van der Waals surface area (Å²) >= 11 is 0. The van der Waals surface area contributed by atoms with E-state index in [1.165, 1.54) is 30.7 Å². The summed E-state index contributed by atoms with van der Waals surface area (Å²) in [4.78, 5) is 14.5. The standard InChI is InChI=1S/C18H24FN3O4/c19-11-4-6-12(7-5-11)20-18(24)21-14-13-10-25-17(26-13)15(16(14)23)22-8-2-1-3-9-22/h4-7,13-17,23H,1-3,8-10H2,(H2,20,21,24)/t13-,14-,15-,16+,17-/m1/s1. The fourth-order valence-corrected chi connectivity index (χ4v) is 4.04. The lowest BCUT2D eigenvalue weighted by molar-refractivity contribution is -0.183. The molecule has 7 nitrogen and oxygen atoms in total. The molecule has 142 valence electrons. The van der Waals surface area contributed by atoms with Crippen LogP contribution in [0.4, 0.5) is 14.9 Å². The van der Waals surface area contributed by atoms with Crippen molar-refractivity contribution in [2.75, 3.05) is 25.0 Å². The minimum Gasteiger partial charge on any atom is -0.389 e. The number of carbonyl (C=O) groups excluding carboxylic acids is 1. The number of hydrogen-bond donors (Lipinski definition) is 3. The third kappa shape index (κ3) is 3.55. The molecule has 5 atom stereocenters. The Labute approximate surface area is 151 Å². The van der Waals surface area contributed by atoms with Gasteiger partial charge in [-0.3, -0.25) is 4.90 Å². The first-order valence-electron chi connectivity index (χ1n) is 9.14. The van der Waals surface area contributed by atoms with Crippen molar-refractivity contribution >= 4 is 11.7 Å². The molecule has 0 unspecified atom stereocenters. The molecule has 2 bridgehead atoms. The lowest BCUT2D eigenvalue weighted by atomic mass is 9.93. The Balaban J connectivity index is 1.43. The predicted octanol–water partition coefficient (Wildman–Crippen LogP) is 1.29. The maximum absolute atomic E-state index is 13.0. The van der Waals surface area contributed by atoms with Gasteiger partial charge in [0.05, 0.1) is 24.8 Å². The van der Waals surface area contributed by atoms with Crippen LogP contribution in [0.15, 0.2) is 24.3 Å². The number of rotatable bonds is 3.